The van der Waals surface area contributed by atoms with Gasteiger partial charge in [0, 0.05) is 30.4 Å². The summed E-state index contributed by atoms with van der Waals surface area (Å²) in [5, 5.41) is 3.18. The van der Waals surface area contributed by atoms with Crippen molar-refractivity contribution in [1.29, 1.82) is 0 Å². The van der Waals surface area contributed by atoms with Crippen molar-refractivity contribution < 1.29 is 9.53 Å². The first-order valence-corrected chi connectivity index (χ1v) is 8.58. The normalized spacial score (nSPS) is 35.9. The van der Waals surface area contributed by atoms with Crippen molar-refractivity contribution in [3.63, 3.8) is 0 Å². The van der Waals surface area contributed by atoms with E-state index in [1.165, 1.54) is 12.2 Å². The maximum atomic E-state index is 12.2. The van der Waals surface area contributed by atoms with Gasteiger partial charge in [0.2, 0.25) is 5.91 Å². The Balaban J connectivity index is 1.81. The second-order valence-electron chi connectivity index (χ2n) is 6.91. The van der Waals surface area contributed by atoms with E-state index in [4.69, 9.17) is 4.74 Å². The van der Waals surface area contributed by atoms with Gasteiger partial charge in [-0.05, 0) is 32.6 Å². The predicted octanol–water partition coefficient (Wildman–Crippen LogP) is 1.74. The number of carbonyl (C=O) groups is 1. The standard InChI is InChI=1S/C15H28N2O2S/c1-14(2)12(8-15(14,3)19-5)16-13(18)9-17(4)11-6-7-20-10-11/h11-12H,6-10H2,1-5H3,(H,16,18)/t11-,12+,15+/m0/s1. The molecule has 1 saturated heterocycles. The van der Waals surface area contributed by atoms with Crippen LogP contribution in [0.15, 0.2) is 0 Å². The van der Waals surface area contributed by atoms with Crippen LogP contribution in [-0.4, -0.2) is 60.7 Å². The molecule has 0 bridgehead atoms. The molecule has 0 aromatic carbocycles. The van der Waals surface area contributed by atoms with Gasteiger partial charge in [-0.3, -0.25) is 9.69 Å². The highest BCUT2D eigenvalue weighted by Gasteiger charge is 2.58. The Kier molecular flexibility index (Phi) is 4.72. The summed E-state index contributed by atoms with van der Waals surface area (Å²) in [6.45, 7) is 6.96. The summed E-state index contributed by atoms with van der Waals surface area (Å²) in [5.74, 6) is 2.51. The first kappa shape index (κ1) is 16.1. The molecule has 1 heterocycles. The number of hydrogen-bond acceptors (Lipinski definition) is 4. The number of rotatable bonds is 5. The maximum Gasteiger partial charge on any atom is 0.234 e. The molecular formula is C15H28N2O2S. The van der Waals surface area contributed by atoms with E-state index in [1.54, 1.807) is 7.11 Å². The van der Waals surface area contributed by atoms with Gasteiger partial charge < -0.3 is 10.1 Å². The van der Waals surface area contributed by atoms with E-state index in [0.717, 1.165) is 12.2 Å². The Labute approximate surface area is 127 Å². The van der Waals surface area contributed by atoms with E-state index in [0.29, 0.717) is 12.6 Å². The number of ether oxygens (including phenoxy) is 1. The number of nitrogens with one attached hydrogen (secondary N) is 1. The van der Waals surface area contributed by atoms with Gasteiger partial charge in [-0.15, -0.1) is 0 Å². The van der Waals surface area contributed by atoms with E-state index < -0.39 is 0 Å². The molecule has 1 N–H and O–H groups in total. The first-order chi connectivity index (χ1) is 9.30. The highest BCUT2D eigenvalue weighted by Crippen LogP contribution is 2.51. The van der Waals surface area contributed by atoms with Crippen LogP contribution in [0.4, 0.5) is 0 Å². The predicted molar refractivity (Wildman–Crippen MR) is 84.1 cm³/mol. The summed E-state index contributed by atoms with van der Waals surface area (Å²) in [6.07, 6.45) is 2.09. The molecule has 1 amide bonds. The number of amides is 1. The van der Waals surface area contributed by atoms with Gasteiger partial charge in [0.1, 0.15) is 0 Å². The average molecular weight is 300 g/mol. The third-order valence-corrected chi connectivity index (χ3v) is 6.68. The fourth-order valence-corrected chi connectivity index (χ4v) is 4.49. The lowest BCUT2D eigenvalue weighted by Gasteiger charge is -2.59. The van der Waals surface area contributed by atoms with Crippen LogP contribution in [0.1, 0.15) is 33.6 Å². The summed E-state index contributed by atoms with van der Waals surface area (Å²) >= 11 is 1.98. The fourth-order valence-electron chi connectivity index (χ4n) is 3.19. The molecule has 0 aromatic rings. The number of methoxy groups -OCH3 is 1. The lowest BCUT2D eigenvalue weighted by atomic mass is 9.56. The van der Waals surface area contributed by atoms with E-state index >= 15 is 0 Å². The van der Waals surface area contributed by atoms with E-state index in [1.807, 2.05) is 11.8 Å². The minimum absolute atomic E-state index is 0.0147. The zero-order valence-corrected chi connectivity index (χ0v) is 14.2. The molecule has 3 atom stereocenters. The van der Waals surface area contributed by atoms with Crippen LogP contribution in [-0.2, 0) is 9.53 Å². The molecule has 5 heteroatoms. The molecule has 4 nitrogen and oxygen atoms in total. The lowest BCUT2D eigenvalue weighted by molar-refractivity contribution is -0.182. The molecular weight excluding hydrogens is 272 g/mol. The summed E-state index contributed by atoms with van der Waals surface area (Å²) in [5.41, 5.74) is -0.141. The molecule has 0 spiro atoms. The van der Waals surface area contributed by atoms with Gasteiger partial charge in [0.15, 0.2) is 0 Å². The van der Waals surface area contributed by atoms with Crippen LogP contribution in [0.5, 0.6) is 0 Å². The molecule has 2 fully saturated rings. The molecule has 1 aliphatic carbocycles. The minimum atomic E-state index is -0.126. The fraction of sp³-hybridized carbons (Fsp3) is 0.933. The molecule has 2 aliphatic rings. The first-order valence-electron chi connectivity index (χ1n) is 7.42. The molecule has 2 rings (SSSR count). The minimum Gasteiger partial charge on any atom is -0.378 e. The Morgan fingerprint density at radius 3 is 2.65 bits per heavy atom. The highest BCUT2D eigenvalue weighted by atomic mass is 32.2. The van der Waals surface area contributed by atoms with E-state index in [-0.39, 0.29) is 23.0 Å². The van der Waals surface area contributed by atoms with Crippen LogP contribution in [0.3, 0.4) is 0 Å². The summed E-state index contributed by atoms with van der Waals surface area (Å²) in [6, 6.07) is 0.774. The number of likely N-dealkylation sites (N-methyl/N-ethyl adjacent to an activating group) is 1. The Morgan fingerprint density at radius 1 is 1.45 bits per heavy atom. The molecule has 116 valence electrons. The van der Waals surface area contributed by atoms with Gasteiger partial charge in [0.25, 0.3) is 0 Å². The highest BCUT2D eigenvalue weighted by molar-refractivity contribution is 7.99. The summed E-state index contributed by atoms with van der Waals surface area (Å²) in [7, 11) is 3.81. The zero-order valence-electron chi connectivity index (χ0n) is 13.4. The van der Waals surface area contributed by atoms with Crippen molar-refractivity contribution >= 4 is 17.7 Å². The quantitative estimate of drug-likeness (QED) is 0.840. The van der Waals surface area contributed by atoms with Crippen LogP contribution in [0, 0.1) is 5.41 Å². The number of carbonyl (C=O) groups excluding carboxylic acids is 1. The number of thioether (sulfide) groups is 1. The SMILES string of the molecule is CO[C@]1(C)C[C@@H](NC(=O)CN(C)[C@H]2CCSC2)C1(C)C. The summed E-state index contributed by atoms with van der Waals surface area (Å²) < 4.78 is 5.60. The number of hydrogen-bond donors (Lipinski definition) is 1. The van der Waals surface area contributed by atoms with E-state index in [2.05, 4.69) is 38.0 Å². The Hall–Kier alpha value is -0.260. The van der Waals surface area contributed by atoms with Crippen molar-refractivity contribution in [1.82, 2.24) is 10.2 Å². The maximum absolute atomic E-state index is 12.2. The van der Waals surface area contributed by atoms with Crippen molar-refractivity contribution in [2.24, 2.45) is 5.41 Å². The van der Waals surface area contributed by atoms with Crippen molar-refractivity contribution in [3.05, 3.63) is 0 Å². The molecule has 0 radical (unpaired) electrons. The number of nitrogens with zero attached hydrogens (tertiary/aromatic N) is 1. The smallest absolute Gasteiger partial charge is 0.234 e. The van der Waals surface area contributed by atoms with Crippen molar-refractivity contribution in [2.75, 3.05) is 32.2 Å². The Bertz CT molecular complexity index is 369. The van der Waals surface area contributed by atoms with Gasteiger partial charge in [-0.25, -0.2) is 0 Å². The van der Waals surface area contributed by atoms with Gasteiger partial charge in [-0.1, -0.05) is 13.8 Å². The third kappa shape index (κ3) is 2.85. The van der Waals surface area contributed by atoms with Crippen LogP contribution in [0.25, 0.3) is 0 Å². The van der Waals surface area contributed by atoms with Crippen molar-refractivity contribution in [2.45, 2.75) is 51.3 Å². The molecule has 20 heavy (non-hydrogen) atoms. The van der Waals surface area contributed by atoms with E-state index in [9.17, 15) is 4.79 Å². The van der Waals surface area contributed by atoms with Crippen LogP contribution >= 0.6 is 11.8 Å². The van der Waals surface area contributed by atoms with Gasteiger partial charge >= 0.3 is 0 Å². The lowest BCUT2D eigenvalue weighted by Crippen LogP contribution is -2.69. The molecule has 0 unspecified atom stereocenters. The zero-order chi connectivity index (χ0) is 15.0. The molecule has 1 aliphatic heterocycles. The van der Waals surface area contributed by atoms with Gasteiger partial charge in [0.05, 0.1) is 12.1 Å². The van der Waals surface area contributed by atoms with Crippen LogP contribution in [0.2, 0.25) is 0 Å². The molecule has 0 aromatic heterocycles. The third-order valence-electron chi connectivity index (χ3n) is 5.54. The summed E-state index contributed by atoms with van der Waals surface area (Å²) in [4.78, 5) is 14.4. The van der Waals surface area contributed by atoms with Crippen molar-refractivity contribution in [3.8, 4) is 0 Å². The largest absolute Gasteiger partial charge is 0.378 e. The second kappa shape index (κ2) is 5.85. The average Bonchev–Trinajstić information content (AvgIpc) is 2.91. The van der Waals surface area contributed by atoms with Gasteiger partial charge in [-0.2, -0.15) is 11.8 Å². The Morgan fingerprint density at radius 2 is 2.15 bits per heavy atom. The topological polar surface area (TPSA) is 41.6 Å². The monoisotopic (exact) mass is 300 g/mol. The second-order valence-corrected chi connectivity index (χ2v) is 8.06. The van der Waals surface area contributed by atoms with Crippen LogP contribution < -0.4 is 5.32 Å². The molecule has 1 saturated carbocycles.